The van der Waals surface area contributed by atoms with E-state index in [4.69, 9.17) is 0 Å². The summed E-state index contributed by atoms with van der Waals surface area (Å²) in [5.41, 5.74) is 1.68. The Morgan fingerprint density at radius 3 is 2.43 bits per heavy atom. The summed E-state index contributed by atoms with van der Waals surface area (Å²) in [7, 11) is 0. The summed E-state index contributed by atoms with van der Waals surface area (Å²) in [6.45, 7) is 2.85. The van der Waals surface area contributed by atoms with Gasteiger partial charge in [-0.05, 0) is 48.4 Å². The zero-order valence-electron chi connectivity index (χ0n) is 11.5. The Bertz CT molecular complexity index is 632. The van der Waals surface area contributed by atoms with Crippen LogP contribution in [0.2, 0.25) is 0 Å². The van der Waals surface area contributed by atoms with Crippen molar-refractivity contribution in [3.8, 4) is 0 Å². The molecule has 21 heavy (non-hydrogen) atoms. The third-order valence-corrected chi connectivity index (χ3v) is 4.33. The molecule has 112 valence electrons. The van der Waals surface area contributed by atoms with Gasteiger partial charge < -0.3 is 5.32 Å². The van der Waals surface area contributed by atoms with Gasteiger partial charge in [-0.25, -0.2) is 8.78 Å². The lowest BCUT2D eigenvalue weighted by Crippen LogP contribution is -2.23. The van der Waals surface area contributed by atoms with Crippen molar-refractivity contribution in [1.82, 2.24) is 5.32 Å². The molecule has 0 aliphatic heterocycles. The monoisotopic (exact) mass is 417 g/mol. The maximum Gasteiger partial charge on any atom is 0.159 e. The summed E-state index contributed by atoms with van der Waals surface area (Å²) in [6, 6.07) is 9.66. The van der Waals surface area contributed by atoms with E-state index in [0.717, 1.165) is 33.5 Å². The van der Waals surface area contributed by atoms with Crippen LogP contribution in [-0.2, 0) is 0 Å². The second kappa shape index (κ2) is 7.47. The van der Waals surface area contributed by atoms with Crippen LogP contribution in [0.5, 0.6) is 0 Å². The van der Waals surface area contributed by atoms with Crippen molar-refractivity contribution in [3.05, 3.63) is 68.1 Å². The highest BCUT2D eigenvalue weighted by Crippen LogP contribution is 2.31. The van der Waals surface area contributed by atoms with E-state index in [0.29, 0.717) is 5.56 Å². The van der Waals surface area contributed by atoms with E-state index in [2.05, 4.69) is 44.1 Å². The van der Waals surface area contributed by atoms with Crippen molar-refractivity contribution < 1.29 is 8.78 Å². The SMILES string of the molecule is CCCNC(c1ccc(F)c(F)c1)c1ccc(Br)cc1Br. The van der Waals surface area contributed by atoms with Gasteiger partial charge in [-0.2, -0.15) is 0 Å². The van der Waals surface area contributed by atoms with Crippen molar-refractivity contribution in [2.75, 3.05) is 6.54 Å². The van der Waals surface area contributed by atoms with Crippen molar-refractivity contribution in [2.45, 2.75) is 19.4 Å². The fourth-order valence-electron chi connectivity index (χ4n) is 2.12. The first-order valence-corrected chi connectivity index (χ1v) is 8.24. The molecule has 0 radical (unpaired) electrons. The van der Waals surface area contributed by atoms with Crippen molar-refractivity contribution in [2.24, 2.45) is 0 Å². The smallest absolute Gasteiger partial charge is 0.159 e. The Balaban J connectivity index is 2.44. The van der Waals surface area contributed by atoms with Gasteiger partial charge in [0.1, 0.15) is 0 Å². The molecule has 0 amide bonds. The number of hydrogen-bond donors (Lipinski definition) is 1. The number of benzene rings is 2. The molecule has 2 aromatic rings. The lowest BCUT2D eigenvalue weighted by molar-refractivity contribution is 0.503. The summed E-state index contributed by atoms with van der Waals surface area (Å²) >= 11 is 6.95. The van der Waals surface area contributed by atoms with Crippen molar-refractivity contribution in [1.29, 1.82) is 0 Å². The molecule has 0 spiro atoms. The summed E-state index contributed by atoms with van der Waals surface area (Å²) in [6.07, 6.45) is 0.953. The Labute approximate surface area is 140 Å². The van der Waals surface area contributed by atoms with Gasteiger partial charge in [0.2, 0.25) is 0 Å². The molecular formula is C16H15Br2F2N. The molecule has 1 nitrogen and oxygen atoms in total. The first kappa shape index (κ1) is 16.6. The lowest BCUT2D eigenvalue weighted by Gasteiger charge is -2.21. The Kier molecular flexibility index (Phi) is 5.90. The van der Waals surface area contributed by atoms with Gasteiger partial charge in [0.05, 0.1) is 6.04 Å². The second-order valence-electron chi connectivity index (χ2n) is 4.73. The van der Waals surface area contributed by atoms with E-state index in [9.17, 15) is 8.78 Å². The number of halogens is 4. The highest BCUT2D eigenvalue weighted by molar-refractivity contribution is 9.11. The number of rotatable bonds is 5. The molecular weight excluding hydrogens is 404 g/mol. The van der Waals surface area contributed by atoms with E-state index in [1.165, 1.54) is 6.07 Å². The lowest BCUT2D eigenvalue weighted by atomic mass is 9.98. The molecule has 0 fully saturated rings. The third-order valence-electron chi connectivity index (χ3n) is 3.15. The van der Waals surface area contributed by atoms with E-state index in [1.54, 1.807) is 6.07 Å². The predicted octanol–water partition coefficient (Wildman–Crippen LogP) is 5.58. The molecule has 1 atom stereocenters. The molecule has 0 aliphatic carbocycles. The Morgan fingerprint density at radius 2 is 1.81 bits per heavy atom. The van der Waals surface area contributed by atoms with Crippen LogP contribution in [0.3, 0.4) is 0 Å². The maximum absolute atomic E-state index is 13.5. The van der Waals surface area contributed by atoms with Crippen LogP contribution in [0, 0.1) is 11.6 Å². The summed E-state index contributed by atoms with van der Waals surface area (Å²) in [5, 5.41) is 3.37. The van der Waals surface area contributed by atoms with Gasteiger partial charge in [-0.1, -0.05) is 50.9 Å². The van der Waals surface area contributed by atoms with E-state index >= 15 is 0 Å². The van der Waals surface area contributed by atoms with Gasteiger partial charge in [0.25, 0.3) is 0 Å². The summed E-state index contributed by atoms with van der Waals surface area (Å²) in [5.74, 6) is -1.66. The summed E-state index contributed by atoms with van der Waals surface area (Å²) < 4.78 is 28.5. The third kappa shape index (κ3) is 4.11. The fourth-order valence-corrected chi connectivity index (χ4v) is 3.40. The highest BCUT2D eigenvalue weighted by atomic mass is 79.9. The van der Waals surface area contributed by atoms with Crippen molar-refractivity contribution in [3.63, 3.8) is 0 Å². The van der Waals surface area contributed by atoms with Gasteiger partial charge in [-0.15, -0.1) is 0 Å². The predicted molar refractivity (Wildman–Crippen MR) is 88.3 cm³/mol. The molecule has 5 heteroatoms. The molecule has 2 aromatic carbocycles. The van der Waals surface area contributed by atoms with E-state index in [1.807, 2.05) is 18.2 Å². The summed E-state index contributed by atoms with van der Waals surface area (Å²) in [4.78, 5) is 0. The van der Waals surface area contributed by atoms with Crippen LogP contribution < -0.4 is 5.32 Å². The number of hydrogen-bond acceptors (Lipinski definition) is 1. The van der Waals surface area contributed by atoms with E-state index in [-0.39, 0.29) is 6.04 Å². The van der Waals surface area contributed by atoms with Crippen molar-refractivity contribution >= 4 is 31.9 Å². The van der Waals surface area contributed by atoms with Crippen LogP contribution in [0.15, 0.2) is 45.3 Å². The number of nitrogens with one attached hydrogen (secondary N) is 1. The van der Waals surface area contributed by atoms with Crippen LogP contribution in [0.1, 0.15) is 30.5 Å². The Hall–Kier alpha value is -0.780. The van der Waals surface area contributed by atoms with Gasteiger partial charge in [0.15, 0.2) is 11.6 Å². The molecule has 1 N–H and O–H groups in total. The first-order valence-electron chi connectivity index (χ1n) is 6.66. The molecule has 0 saturated heterocycles. The quantitative estimate of drug-likeness (QED) is 0.668. The average Bonchev–Trinajstić information content (AvgIpc) is 2.44. The molecule has 0 aliphatic rings. The highest BCUT2D eigenvalue weighted by Gasteiger charge is 2.18. The largest absolute Gasteiger partial charge is 0.306 e. The minimum atomic E-state index is -0.831. The van der Waals surface area contributed by atoms with Gasteiger partial charge in [-0.3, -0.25) is 0 Å². The average molecular weight is 419 g/mol. The normalized spacial score (nSPS) is 12.4. The zero-order chi connectivity index (χ0) is 15.4. The van der Waals surface area contributed by atoms with Crippen LogP contribution in [-0.4, -0.2) is 6.54 Å². The van der Waals surface area contributed by atoms with Gasteiger partial charge >= 0.3 is 0 Å². The second-order valence-corrected chi connectivity index (χ2v) is 6.50. The zero-order valence-corrected chi connectivity index (χ0v) is 14.6. The van der Waals surface area contributed by atoms with Crippen LogP contribution >= 0.6 is 31.9 Å². The minimum Gasteiger partial charge on any atom is -0.306 e. The Morgan fingerprint density at radius 1 is 1.05 bits per heavy atom. The van der Waals surface area contributed by atoms with Gasteiger partial charge in [0, 0.05) is 8.95 Å². The van der Waals surface area contributed by atoms with E-state index < -0.39 is 11.6 Å². The molecule has 0 heterocycles. The minimum absolute atomic E-state index is 0.192. The topological polar surface area (TPSA) is 12.0 Å². The van der Waals surface area contributed by atoms with Crippen LogP contribution in [0.25, 0.3) is 0 Å². The molecule has 0 saturated carbocycles. The molecule has 0 bridgehead atoms. The fraction of sp³-hybridized carbons (Fsp3) is 0.250. The molecule has 1 unspecified atom stereocenters. The standard InChI is InChI=1S/C16H15Br2F2N/c1-2-7-21-16(10-3-6-14(19)15(20)8-10)12-5-4-11(17)9-13(12)18/h3-6,8-9,16,21H,2,7H2,1H3. The van der Waals surface area contributed by atoms with Crippen LogP contribution in [0.4, 0.5) is 8.78 Å². The molecule has 0 aromatic heterocycles. The maximum atomic E-state index is 13.5. The molecule has 2 rings (SSSR count). The first-order chi connectivity index (χ1) is 10.0.